The fraction of sp³-hybridized carbons (Fsp3) is 0.452. The number of benzene rings is 2. The molecular weight excluding hydrogens is 550 g/mol. The third-order valence-corrected chi connectivity index (χ3v) is 9.39. The Balaban J connectivity index is 1.33. The minimum absolute atomic E-state index is 0.0208. The average Bonchev–Trinajstić information content (AvgIpc) is 3.67. The lowest BCUT2D eigenvalue weighted by atomic mass is 9.89. The molecule has 2 aliphatic rings. The summed E-state index contributed by atoms with van der Waals surface area (Å²) in [5.41, 5.74) is 7.56. The minimum Gasteiger partial charge on any atom is -0.370 e. The van der Waals surface area contributed by atoms with Gasteiger partial charge < -0.3 is 26.2 Å². The Morgan fingerprint density at radius 3 is 2.52 bits per heavy atom. The Bertz CT molecular complexity index is 1400. The number of thiazole rings is 1. The molecule has 3 heterocycles. The van der Waals surface area contributed by atoms with Gasteiger partial charge in [-0.05, 0) is 69.2 Å². The first-order valence-electron chi connectivity index (χ1n) is 14.6. The van der Waals surface area contributed by atoms with Crippen LogP contribution in [0.4, 0.5) is 0 Å². The van der Waals surface area contributed by atoms with E-state index in [1.54, 1.807) is 11.9 Å². The summed E-state index contributed by atoms with van der Waals surface area (Å²) in [5.74, 6) is -0.552. The molecule has 11 heteroatoms. The van der Waals surface area contributed by atoms with E-state index in [9.17, 15) is 14.4 Å². The van der Waals surface area contributed by atoms with E-state index in [0.29, 0.717) is 43.9 Å². The highest BCUT2D eigenvalue weighted by molar-refractivity contribution is 7.20. The van der Waals surface area contributed by atoms with Crippen LogP contribution in [-0.4, -0.2) is 83.1 Å². The molecule has 2 saturated heterocycles. The molecule has 222 valence electrons. The number of likely N-dealkylation sites (tertiary alicyclic amines) is 2. The van der Waals surface area contributed by atoms with Gasteiger partial charge in [-0.1, -0.05) is 42.5 Å². The number of piperidine rings is 1. The molecule has 0 saturated carbocycles. The number of fused-ring (bicyclic) bond motifs is 1. The van der Waals surface area contributed by atoms with Crippen molar-refractivity contribution >= 4 is 45.1 Å². The summed E-state index contributed by atoms with van der Waals surface area (Å²) < 4.78 is 0.912. The van der Waals surface area contributed by atoms with Crippen LogP contribution < -0.4 is 16.4 Å². The second-order valence-corrected chi connectivity index (χ2v) is 12.2. The van der Waals surface area contributed by atoms with Crippen LogP contribution in [0.1, 0.15) is 47.5 Å². The number of Topliss-reactive ketones (excluding diaryl/α,β-unsaturated/α-hetero) is 1. The maximum absolute atomic E-state index is 13.9. The van der Waals surface area contributed by atoms with Crippen LogP contribution in [0.3, 0.4) is 0 Å². The van der Waals surface area contributed by atoms with Crippen LogP contribution in [0.15, 0.2) is 54.6 Å². The summed E-state index contributed by atoms with van der Waals surface area (Å²) in [6.07, 6.45) is 3.94. The lowest BCUT2D eigenvalue weighted by Crippen LogP contribution is -2.55. The van der Waals surface area contributed by atoms with Gasteiger partial charge >= 0.3 is 0 Å². The zero-order valence-corrected chi connectivity index (χ0v) is 24.7. The lowest BCUT2D eigenvalue weighted by molar-refractivity contribution is -0.140. The molecule has 1 aromatic heterocycles. The highest BCUT2D eigenvalue weighted by Gasteiger charge is 2.39. The number of carbonyl (C=O) groups excluding carboxylic acids is 3. The summed E-state index contributed by atoms with van der Waals surface area (Å²) in [6, 6.07) is 15.5. The van der Waals surface area contributed by atoms with Crippen LogP contribution >= 0.6 is 11.3 Å². The first-order valence-corrected chi connectivity index (χ1v) is 15.5. The van der Waals surface area contributed by atoms with E-state index in [2.05, 4.69) is 15.6 Å². The number of guanidine groups is 1. The van der Waals surface area contributed by atoms with Gasteiger partial charge in [-0.2, -0.15) is 0 Å². The number of para-hydroxylation sites is 1. The molecule has 4 atom stereocenters. The van der Waals surface area contributed by atoms with Gasteiger partial charge in [-0.3, -0.25) is 19.8 Å². The standard InChI is InChI=1S/C31H39N7O3S/c1-34-24(17-20-9-3-2-4-10-20)30(41)38-16-8-13-25(38)28(40)35-23(18-21-11-7-15-37(19-21)31(32)33)27(39)29-36-22-12-5-6-14-26(22)42-29/h2-6,9-10,12,14,21,23-25,34H,7-8,11,13,15-19H2,1H3,(H3,32,33)(H,35,40)/t21?,23-,24+,25-/m0/s1. The van der Waals surface area contributed by atoms with Crippen molar-refractivity contribution < 1.29 is 14.4 Å². The zero-order valence-electron chi connectivity index (χ0n) is 23.9. The molecule has 0 aliphatic carbocycles. The van der Waals surface area contributed by atoms with E-state index in [1.807, 2.05) is 59.5 Å². The minimum atomic E-state index is -0.795. The third kappa shape index (κ3) is 6.79. The molecule has 2 aromatic carbocycles. The van der Waals surface area contributed by atoms with Crippen LogP contribution in [-0.2, 0) is 16.0 Å². The number of likely N-dealkylation sites (N-methyl/N-ethyl adjacent to an activating group) is 1. The predicted octanol–water partition coefficient (Wildman–Crippen LogP) is 2.78. The van der Waals surface area contributed by atoms with Gasteiger partial charge in [0.15, 0.2) is 11.0 Å². The number of aromatic nitrogens is 1. The SMILES string of the molecule is CN[C@H](Cc1ccccc1)C(=O)N1CCC[C@H]1C(=O)N[C@@H](CC1CCCN(C(=N)N)C1)C(=O)c1nc2ccccc2s1. The number of amides is 2. The van der Waals surface area contributed by atoms with Crippen molar-refractivity contribution in [2.45, 2.75) is 56.7 Å². The number of ketones is 1. The van der Waals surface area contributed by atoms with Crippen molar-refractivity contribution in [1.82, 2.24) is 25.4 Å². The summed E-state index contributed by atoms with van der Waals surface area (Å²) in [6.45, 7) is 1.77. The number of rotatable bonds is 10. The number of hydrogen-bond donors (Lipinski definition) is 4. The van der Waals surface area contributed by atoms with Crippen LogP contribution in [0.5, 0.6) is 0 Å². The molecule has 3 aromatic rings. The quantitative estimate of drug-likeness (QED) is 0.162. The highest BCUT2D eigenvalue weighted by Crippen LogP contribution is 2.27. The summed E-state index contributed by atoms with van der Waals surface area (Å²) >= 11 is 1.32. The van der Waals surface area contributed by atoms with E-state index in [-0.39, 0.29) is 29.5 Å². The molecule has 0 spiro atoms. The number of carbonyl (C=O) groups is 3. The Morgan fingerprint density at radius 1 is 1.05 bits per heavy atom. The predicted molar refractivity (Wildman–Crippen MR) is 164 cm³/mol. The van der Waals surface area contributed by atoms with Gasteiger partial charge in [0.25, 0.3) is 0 Å². The fourth-order valence-electron chi connectivity index (χ4n) is 6.10. The smallest absolute Gasteiger partial charge is 0.243 e. The number of nitrogens with one attached hydrogen (secondary N) is 3. The number of hydrogen-bond acceptors (Lipinski definition) is 7. The molecule has 42 heavy (non-hydrogen) atoms. The van der Waals surface area contributed by atoms with Gasteiger partial charge in [0.2, 0.25) is 17.6 Å². The van der Waals surface area contributed by atoms with Crippen molar-refractivity contribution in [2.24, 2.45) is 11.7 Å². The van der Waals surface area contributed by atoms with Gasteiger partial charge in [-0.25, -0.2) is 4.98 Å². The second-order valence-electron chi connectivity index (χ2n) is 11.2. The highest BCUT2D eigenvalue weighted by atomic mass is 32.1. The van der Waals surface area contributed by atoms with Crippen LogP contribution in [0, 0.1) is 11.3 Å². The molecule has 1 unspecified atom stereocenters. The van der Waals surface area contributed by atoms with E-state index in [0.717, 1.165) is 35.0 Å². The first kappa shape index (κ1) is 29.7. The Kier molecular flexibility index (Phi) is 9.48. The second kappa shape index (κ2) is 13.4. The topological polar surface area (TPSA) is 145 Å². The number of nitrogens with zero attached hydrogens (tertiary/aromatic N) is 3. The fourth-order valence-corrected chi connectivity index (χ4v) is 7.06. The maximum atomic E-state index is 13.9. The van der Waals surface area contributed by atoms with E-state index in [1.165, 1.54) is 11.3 Å². The first-order chi connectivity index (χ1) is 20.3. The molecule has 5 N–H and O–H groups in total. The molecule has 2 fully saturated rings. The van der Waals surface area contributed by atoms with Crippen molar-refractivity contribution in [3.8, 4) is 0 Å². The number of nitrogens with two attached hydrogens (primary N) is 1. The normalized spacial score (nSPS) is 20.3. The van der Waals surface area contributed by atoms with Crippen molar-refractivity contribution in [3.63, 3.8) is 0 Å². The molecule has 10 nitrogen and oxygen atoms in total. The maximum Gasteiger partial charge on any atom is 0.243 e. The largest absolute Gasteiger partial charge is 0.370 e. The third-order valence-electron chi connectivity index (χ3n) is 8.33. The summed E-state index contributed by atoms with van der Waals surface area (Å²) in [7, 11) is 1.76. The van der Waals surface area contributed by atoms with Crippen molar-refractivity contribution in [2.75, 3.05) is 26.7 Å². The summed E-state index contributed by atoms with van der Waals surface area (Å²) in [4.78, 5) is 49.4. The Hall–Kier alpha value is -3.83. The van der Waals surface area contributed by atoms with Crippen LogP contribution in [0.2, 0.25) is 0 Å². The Labute approximate surface area is 250 Å². The van der Waals surface area contributed by atoms with Gasteiger partial charge in [-0.15, -0.1) is 11.3 Å². The van der Waals surface area contributed by atoms with E-state index < -0.39 is 18.1 Å². The van der Waals surface area contributed by atoms with Crippen LogP contribution in [0.25, 0.3) is 10.2 Å². The molecular formula is C31H39N7O3S. The average molecular weight is 590 g/mol. The van der Waals surface area contributed by atoms with Crippen molar-refractivity contribution in [3.05, 3.63) is 65.2 Å². The lowest BCUT2D eigenvalue weighted by Gasteiger charge is -2.35. The monoisotopic (exact) mass is 589 g/mol. The van der Waals surface area contributed by atoms with E-state index >= 15 is 0 Å². The zero-order chi connectivity index (χ0) is 29.6. The molecule has 0 bridgehead atoms. The van der Waals surface area contributed by atoms with E-state index in [4.69, 9.17) is 11.1 Å². The Morgan fingerprint density at radius 2 is 1.79 bits per heavy atom. The van der Waals surface area contributed by atoms with Gasteiger partial charge in [0, 0.05) is 19.6 Å². The molecule has 0 radical (unpaired) electrons. The van der Waals surface area contributed by atoms with Gasteiger partial charge in [0.1, 0.15) is 6.04 Å². The van der Waals surface area contributed by atoms with Gasteiger partial charge in [0.05, 0.1) is 22.3 Å². The molecule has 2 aliphatic heterocycles. The molecule has 5 rings (SSSR count). The van der Waals surface area contributed by atoms with Crippen molar-refractivity contribution in [1.29, 1.82) is 5.41 Å². The molecule has 2 amide bonds. The summed E-state index contributed by atoms with van der Waals surface area (Å²) in [5, 5.41) is 14.4.